The van der Waals surface area contributed by atoms with Crippen LogP contribution < -0.4 is 15.2 Å². The van der Waals surface area contributed by atoms with E-state index in [-0.39, 0.29) is 5.75 Å². The standard InChI is InChI=1S/C30H31N3O4/c1-5-22(4)35-15-6-16-36-26-11-8-23(9-12-26)30(34)37-28-14-10-24(18-25(28)19-31)29(32)33-27-13-7-20(2)17-21(27)3/h5,7-14,17-19,31H,1,4,6,15-16H2,2-3H3,(H2,32,33). The van der Waals surface area contributed by atoms with Crippen LogP contribution in [0.5, 0.6) is 11.5 Å². The lowest BCUT2D eigenvalue weighted by atomic mass is 10.1. The highest BCUT2D eigenvalue weighted by Crippen LogP contribution is 2.23. The number of hydrogen-bond acceptors (Lipinski definition) is 6. The Morgan fingerprint density at radius 1 is 1.03 bits per heavy atom. The Hall–Kier alpha value is -4.65. The van der Waals surface area contributed by atoms with Crippen molar-refractivity contribution in [2.45, 2.75) is 20.3 Å². The SMILES string of the molecule is C=CC(=C)OCCCOc1ccc(C(=O)Oc2ccc(C(N)=Nc3ccc(C)cc3C)cc2C=N)cc1. The molecule has 3 rings (SSSR count). The summed E-state index contributed by atoms with van der Waals surface area (Å²) in [5.41, 5.74) is 10.5. The molecule has 0 heterocycles. The number of nitrogens with one attached hydrogen (secondary N) is 1. The highest BCUT2D eigenvalue weighted by atomic mass is 16.5. The average Bonchev–Trinajstić information content (AvgIpc) is 2.90. The summed E-state index contributed by atoms with van der Waals surface area (Å²) in [6.07, 6.45) is 3.34. The number of benzene rings is 3. The van der Waals surface area contributed by atoms with E-state index in [0.29, 0.717) is 53.7 Å². The maximum Gasteiger partial charge on any atom is 0.343 e. The van der Waals surface area contributed by atoms with E-state index in [2.05, 4.69) is 18.2 Å². The van der Waals surface area contributed by atoms with Crippen LogP contribution >= 0.6 is 0 Å². The molecule has 0 aliphatic rings. The molecule has 0 unspecified atom stereocenters. The molecular weight excluding hydrogens is 466 g/mol. The molecule has 0 atom stereocenters. The van der Waals surface area contributed by atoms with E-state index in [9.17, 15) is 4.79 Å². The van der Waals surface area contributed by atoms with E-state index in [1.165, 1.54) is 0 Å². The third-order valence-corrected chi connectivity index (χ3v) is 5.42. The normalized spacial score (nSPS) is 10.9. The Labute approximate surface area is 217 Å². The second kappa shape index (κ2) is 12.9. The van der Waals surface area contributed by atoms with Crippen LogP contribution in [0.4, 0.5) is 5.69 Å². The van der Waals surface area contributed by atoms with E-state index in [1.807, 2.05) is 32.0 Å². The summed E-state index contributed by atoms with van der Waals surface area (Å²) in [5, 5.41) is 7.77. The van der Waals surface area contributed by atoms with Gasteiger partial charge in [-0.3, -0.25) is 0 Å². The van der Waals surface area contributed by atoms with Crippen LogP contribution in [-0.2, 0) is 4.74 Å². The van der Waals surface area contributed by atoms with Crippen molar-refractivity contribution >= 4 is 23.7 Å². The van der Waals surface area contributed by atoms with Crippen molar-refractivity contribution in [3.8, 4) is 11.5 Å². The molecule has 0 fully saturated rings. The number of nitrogens with zero attached hydrogens (tertiary/aromatic N) is 1. The Kier molecular flexibility index (Phi) is 9.38. The maximum absolute atomic E-state index is 12.7. The second-order valence-corrected chi connectivity index (χ2v) is 8.32. The quantitative estimate of drug-likeness (QED) is 0.0603. The number of ether oxygens (including phenoxy) is 3. The summed E-state index contributed by atoms with van der Waals surface area (Å²) in [6, 6.07) is 17.6. The van der Waals surface area contributed by atoms with Crippen LogP contribution in [0.25, 0.3) is 0 Å². The van der Waals surface area contributed by atoms with E-state index in [1.54, 1.807) is 48.5 Å². The molecule has 0 spiro atoms. The van der Waals surface area contributed by atoms with Gasteiger partial charge >= 0.3 is 5.97 Å². The molecule has 3 N–H and O–H groups in total. The Bertz CT molecular complexity index is 1330. The Balaban J connectivity index is 1.63. The number of hydrogen-bond donors (Lipinski definition) is 2. The molecule has 0 aromatic heterocycles. The highest BCUT2D eigenvalue weighted by Gasteiger charge is 2.13. The molecule has 0 saturated heterocycles. The van der Waals surface area contributed by atoms with Gasteiger partial charge in [0.1, 0.15) is 23.1 Å². The largest absolute Gasteiger partial charge is 0.494 e. The van der Waals surface area contributed by atoms with Crippen molar-refractivity contribution in [3.63, 3.8) is 0 Å². The van der Waals surface area contributed by atoms with Crippen molar-refractivity contribution in [2.24, 2.45) is 10.7 Å². The molecular formula is C30H31N3O4. The Morgan fingerprint density at radius 3 is 2.43 bits per heavy atom. The first kappa shape index (κ1) is 26.9. The molecule has 0 aliphatic heterocycles. The van der Waals surface area contributed by atoms with Gasteiger partial charge < -0.3 is 25.4 Å². The smallest absolute Gasteiger partial charge is 0.343 e. The maximum atomic E-state index is 12.7. The number of carbonyl (C=O) groups excluding carboxylic acids is 1. The minimum atomic E-state index is -0.546. The third-order valence-electron chi connectivity index (χ3n) is 5.42. The van der Waals surface area contributed by atoms with E-state index in [4.69, 9.17) is 25.4 Å². The van der Waals surface area contributed by atoms with Gasteiger partial charge in [-0.05, 0) is 74.0 Å². The fourth-order valence-electron chi connectivity index (χ4n) is 3.40. The number of aryl methyl sites for hydroxylation is 2. The van der Waals surface area contributed by atoms with Gasteiger partial charge in [0.25, 0.3) is 0 Å². The summed E-state index contributed by atoms with van der Waals surface area (Å²) < 4.78 is 16.5. The van der Waals surface area contributed by atoms with Crippen LogP contribution in [0, 0.1) is 19.3 Å². The minimum absolute atomic E-state index is 0.254. The van der Waals surface area contributed by atoms with Crippen LogP contribution in [0.15, 0.2) is 90.6 Å². The number of carbonyl (C=O) groups is 1. The lowest BCUT2D eigenvalue weighted by Crippen LogP contribution is -2.14. The molecule has 0 amide bonds. The topological polar surface area (TPSA) is 107 Å². The molecule has 0 aliphatic carbocycles. The number of nitrogens with two attached hydrogens (primary N) is 1. The predicted molar refractivity (Wildman–Crippen MR) is 147 cm³/mol. The van der Waals surface area contributed by atoms with Gasteiger partial charge in [0.15, 0.2) is 0 Å². The van der Waals surface area contributed by atoms with Crippen LogP contribution in [-0.4, -0.2) is 31.2 Å². The fraction of sp³-hybridized carbons (Fsp3) is 0.167. The van der Waals surface area contributed by atoms with Crippen LogP contribution in [0.3, 0.4) is 0 Å². The molecule has 37 heavy (non-hydrogen) atoms. The van der Waals surface area contributed by atoms with Gasteiger partial charge in [-0.2, -0.15) is 0 Å². The van der Waals surface area contributed by atoms with Gasteiger partial charge in [-0.15, -0.1) is 0 Å². The van der Waals surface area contributed by atoms with Crippen molar-refractivity contribution in [2.75, 3.05) is 13.2 Å². The zero-order chi connectivity index (χ0) is 26.8. The molecule has 190 valence electrons. The van der Waals surface area contributed by atoms with E-state index in [0.717, 1.165) is 23.0 Å². The van der Waals surface area contributed by atoms with Gasteiger partial charge in [-0.25, -0.2) is 9.79 Å². The minimum Gasteiger partial charge on any atom is -0.494 e. The first-order valence-electron chi connectivity index (χ1n) is 11.8. The number of rotatable bonds is 12. The zero-order valence-electron chi connectivity index (χ0n) is 21.1. The van der Waals surface area contributed by atoms with Crippen molar-refractivity contribution in [3.05, 3.63) is 113 Å². The lowest BCUT2D eigenvalue weighted by Gasteiger charge is -2.11. The Morgan fingerprint density at radius 2 is 1.76 bits per heavy atom. The van der Waals surface area contributed by atoms with Crippen molar-refractivity contribution < 1.29 is 19.0 Å². The number of allylic oxidation sites excluding steroid dienone is 1. The van der Waals surface area contributed by atoms with Crippen molar-refractivity contribution in [1.82, 2.24) is 0 Å². The summed E-state index contributed by atoms with van der Waals surface area (Å²) in [4.78, 5) is 17.2. The highest BCUT2D eigenvalue weighted by molar-refractivity contribution is 6.01. The predicted octanol–water partition coefficient (Wildman–Crippen LogP) is 6.04. The van der Waals surface area contributed by atoms with E-state index < -0.39 is 5.97 Å². The van der Waals surface area contributed by atoms with Gasteiger partial charge in [0, 0.05) is 23.8 Å². The van der Waals surface area contributed by atoms with Gasteiger partial charge in [-0.1, -0.05) is 30.9 Å². The molecule has 3 aromatic rings. The number of amidine groups is 1. The summed E-state index contributed by atoms with van der Waals surface area (Å²) in [5.74, 6) is 1.17. The van der Waals surface area contributed by atoms with Gasteiger partial charge in [0.2, 0.25) is 0 Å². The first-order valence-corrected chi connectivity index (χ1v) is 11.8. The fourth-order valence-corrected chi connectivity index (χ4v) is 3.40. The van der Waals surface area contributed by atoms with Crippen LogP contribution in [0.2, 0.25) is 0 Å². The second-order valence-electron chi connectivity index (χ2n) is 8.32. The third kappa shape index (κ3) is 7.67. The number of aliphatic imine (C=N–C) groups is 1. The average molecular weight is 498 g/mol. The summed E-state index contributed by atoms with van der Waals surface area (Å²) in [6.45, 7) is 12.2. The van der Waals surface area contributed by atoms with E-state index >= 15 is 0 Å². The molecule has 0 radical (unpaired) electrons. The first-order chi connectivity index (χ1) is 17.8. The van der Waals surface area contributed by atoms with Crippen LogP contribution in [0.1, 0.15) is 39.0 Å². The summed E-state index contributed by atoms with van der Waals surface area (Å²) >= 11 is 0. The molecule has 0 saturated carbocycles. The molecule has 3 aromatic carbocycles. The van der Waals surface area contributed by atoms with Crippen molar-refractivity contribution in [1.29, 1.82) is 5.41 Å². The monoisotopic (exact) mass is 497 g/mol. The number of esters is 1. The zero-order valence-corrected chi connectivity index (χ0v) is 21.1. The molecule has 7 nitrogen and oxygen atoms in total. The van der Waals surface area contributed by atoms with Gasteiger partial charge in [0.05, 0.1) is 24.5 Å². The molecule has 7 heteroatoms. The molecule has 0 bridgehead atoms. The summed E-state index contributed by atoms with van der Waals surface area (Å²) in [7, 11) is 0. The lowest BCUT2D eigenvalue weighted by molar-refractivity contribution is 0.0734.